The molecule has 0 saturated heterocycles. The lowest BCUT2D eigenvalue weighted by Crippen LogP contribution is -2.25. The van der Waals surface area contributed by atoms with Crippen LogP contribution in [0, 0.1) is 0 Å². The number of aromatic nitrogens is 4. The van der Waals surface area contributed by atoms with E-state index in [-0.39, 0.29) is 12.3 Å². The molecule has 0 aliphatic carbocycles. The summed E-state index contributed by atoms with van der Waals surface area (Å²) in [6.45, 7) is 0.299. The summed E-state index contributed by atoms with van der Waals surface area (Å²) in [7, 11) is 0. The largest absolute Gasteiger partial charge is 0.444 e. The van der Waals surface area contributed by atoms with Gasteiger partial charge in [-0.3, -0.25) is 9.20 Å². The molecule has 1 amide bonds. The Morgan fingerprint density at radius 1 is 1.08 bits per heavy atom. The fourth-order valence-corrected chi connectivity index (χ4v) is 2.52. The summed E-state index contributed by atoms with van der Waals surface area (Å²) in [6, 6.07) is 15.2. The second-order valence-electron chi connectivity index (χ2n) is 5.51. The lowest BCUT2D eigenvalue weighted by atomic mass is 10.2. The summed E-state index contributed by atoms with van der Waals surface area (Å²) >= 11 is 0. The fraction of sp³-hybridized carbons (Fsp3) is 0.111. The number of pyridine rings is 1. The molecule has 7 heteroatoms. The van der Waals surface area contributed by atoms with Gasteiger partial charge >= 0.3 is 0 Å². The Hall–Kier alpha value is -3.48. The van der Waals surface area contributed by atoms with Gasteiger partial charge in [0.15, 0.2) is 11.5 Å². The number of hydrogen-bond acceptors (Lipinski definition) is 5. The van der Waals surface area contributed by atoms with Crippen molar-refractivity contribution in [3.8, 4) is 11.5 Å². The minimum absolute atomic E-state index is 0.146. The molecule has 0 aliphatic heterocycles. The van der Waals surface area contributed by atoms with E-state index in [1.165, 1.54) is 6.26 Å². The third-order valence-corrected chi connectivity index (χ3v) is 3.74. The van der Waals surface area contributed by atoms with Crippen LogP contribution in [0.1, 0.15) is 11.5 Å². The highest BCUT2D eigenvalue weighted by molar-refractivity contribution is 5.78. The van der Waals surface area contributed by atoms with Crippen molar-refractivity contribution in [2.75, 3.05) is 0 Å². The van der Waals surface area contributed by atoms with Crippen LogP contribution in [0.4, 0.5) is 0 Å². The van der Waals surface area contributed by atoms with Crippen LogP contribution in [0.15, 0.2) is 65.4 Å². The Bertz CT molecular complexity index is 1010. The highest BCUT2D eigenvalue weighted by atomic mass is 16.3. The SMILES string of the molecule is O=C(Cc1coc(-c2ccccc2)n1)NCc1nnc2ccccn12. The molecule has 25 heavy (non-hydrogen) atoms. The molecule has 4 rings (SSSR count). The molecule has 3 heterocycles. The van der Waals surface area contributed by atoms with Gasteiger partial charge in [-0.25, -0.2) is 4.98 Å². The predicted molar refractivity (Wildman–Crippen MR) is 90.5 cm³/mol. The minimum Gasteiger partial charge on any atom is -0.444 e. The highest BCUT2D eigenvalue weighted by Gasteiger charge is 2.11. The van der Waals surface area contributed by atoms with Crippen molar-refractivity contribution >= 4 is 11.6 Å². The number of benzene rings is 1. The van der Waals surface area contributed by atoms with Crippen molar-refractivity contribution in [3.05, 3.63) is 72.5 Å². The molecule has 0 radical (unpaired) electrons. The molecule has 124 valence electrons. The second kappa shape index (κ2) is 6.56. The zero-order chi connectivity index (χ0) is 17.1. The Morgan fingerprint density at radius 2 is 1.92 bits per heavy atom. The maximum atomic E-state index is 12.1. The van der Waals surface area contributed by atoms with Gasteiger partial charge in [-0.2, -0.15) is 0 Å². The van der Waals surface area contributed by atoms with E-state index in [2.05, 4.69) is 20.5 Å². The predicted octanol–water partition coefficient (Wildman–Crippen LogP) is 2.24. The van der Waals surface area contributed by atoms with E-state index in [1.807, 2.05) is 59.1 Å². The summed E-state index contributed by atoms with van der Waals surface area (Å²) < 4.78 is 7.28. The molecule has 4 aromatic rings. The summed E-state index contributed by atoms with van der Waals surface area (Å²) in [5.74, 6) is 1.03. The maximum Gasteiger partial charge on any atom is 0.226 e. The first-order valence-corrected chi connectivity index (χ1v) is 7.85. The number of oxazole rings is 1. The van der Waals surface area contributed by atoms with E-state index in [4.69, 9.17) is 4.42 Å². The molecule has 0 atom stereocenters. The van der Waals surface area contributed by atoms with E-state index in [0.717, 1.165) is 11.2 Å². The fourth-order valence-electron chi connectivity index (χ4n) is 2.52. The number of rotatable bonds is 5. The first-order chi connectivity index (χ1) is 12.3. The third kappa shape index (κ3) is 3.25. The van der Waals surface area contributed by atoms with E-state index in [0.29, 0.717) is 24.0 Å². The Morgan fingerprint density at radius 3 is 2.80 bits per heavy atom. The molecule has 0 fully saturated rings. The van der Waals surface area contributed by atoms with Gasteiger partial charge in [0.2, 0.25) is 11.8 Å². The number of nitrogens with zero attached hydrogens (tertiary/aromatic N) is 4. The van der Waals surface area contributed by atoms with Crippen molar-refractivity contribution < 1.29 is 9.21 Å². The lowest BCUT2D eigenvalue weighted by Gasteiger charge is -2.02. The van der Waals surface area contributed by atoms with Gasteiger partial charge in [0, 0.05) is 11.8 Å². The standard InChI is InChI=1S/C18H15N5O2/c24-17(19-11-16-22-21-15-8-4-5-9-23(15)16)10-14-12-25-18(20-14)13-6-2-1-3-7-13/h1-9,12H,10-11H2,(H,19,24). The summed E-state index contributed by atoms with van der Waals surface area (Å²) in [4.78, 5) is 16.5. The summed E-state index contributed by atoms with van der Waals surface area (Å²) in [5, 5.41) is 11.0. The number of hydrogen-bond donors (Lipinski definition) is 1. The van der Waals surface area contributed by atoms with Crippen LogP contribution in [0.5, 0.6) is 0 Å². The van der Waals surface area contributed by atoms with Gasteiger partial charge in [0.05, 0.1) is 18.7 Å². The van der Waals surface area contributed by atoms with Crippen molar-refractivity contribution in [3.63, 3.8) is 0 Å². The zero-order valence-electron chi connectivity index (χ0n) is 13.3. The minimum atomic E-state index is -0.152. The van der Waals surface area contributed by atoms with Crippen LogP contribution in [0.3, 0.4) is 0 Å². The Balaban J connectivity index is 1.39. The molecule has 1 aromatic carbocycles. The first kappa shape index (κ1) is 15.1. The van der Waals surface area contributed by atoms with E-state index < -0.39 is 0 Å². The van der Waals surface area contributed by atoms with Crippen LogP contribution < -0.4 is 5.32 Å². The van der Waals surface area contributed by atoms with Gasteiger partial charge in [-0.1, -0.05) is 24.3 Å². The van der Waals surface area contributed by atoms with Crippen LogP contribution >= 0.6 is 0 Å². The van der Waals surface area contributed by atoms with Crippen LogP contribution in [-0.4, -0.2) is 25.5 Å². The monoisotopic (exact) mass is 333 g/mol. The second-order valence-corrected chi connectivity index (χ2v) is 5.51. The van der Waals surface area contributed by atoms with Crippen molar-refractivity contribution in [1.29, 1.82) is 0 Å². The van der Waals surface area contributed by atoms with Gasteiger partial charge in [-0.15, -0.1) is 10.2 Å². The number of nitrogens with one attached hydrogen (secondary N) is 1. The van der Waals surface area contributed by atoms with Gasteiger partial charge in [0.1, 0.15) is 6.26 Å². The average Bonchev–Trinajstić information content (AvgIpc) is 3.28. The first-order valence-electron chi connectivity index (χ1n) is 7.85. The molecule has 0 aliphatic rings. The van der Waals surface area contributed by atoms with Crippen molar-refractivity contribution in [2.45, 2.75) is 13.0 Å². The Kier molecular flexibility index (Phi) is 3.96. The summed E-state index contributed by atoms with van der Waals surface area (Å²) in [5.41, 5.74) is 2.21. The molecular weight excluding hydrogens is 318 g/mol. The molecule has 0 spiro atoms. The number of carbonyl (C=O) groups is 1. The Labute approximate surface area is 143 Å². The summed E-state index contributed by atoms with van der Waals surface area (Å²) in [6.07, 6.45) is 3.52. The highest BCUT2D eigenvalue weighted by Crippen LogP contribution is 2.18. The molecule has 1 N–H and O–H groups in total. The van der Waals surface area contributed by atoms with E-state index >= 15 is 0 Å². The van der Waals surface area contributed by atoms with Crippen LogP contribution in [0.25, 0.3) is 17.1 Å². The number of carbonyl (C=O) groups excluding carboxylic acids is 1. The van der Waals surface area contributed by atoms with Crippen molar-refractivity contribution in [2.24, 2.45) is 0 Å². The maximum absolute atomic E-state index is 12.1. The molecule has 3 aromatic heterocycles. The molecular formula is C18H15N5O2. The smallest absolute Gasteiger partial charge is 0.226 e. The quantitative estimate of drug-likeness (QED) is 0.605. The molecule has 0 unspecified atom stereocenters. The van der Waals surface area contributed by atoms with Crippen LogP contribution in [-0.2, 0) is 17.8 Å². The van der Waals surface area contributed by atoms with Crippen molar-refractivity contribution in [1.82, 2.24) is 24.9 Å². The zero-order valence-corrected chi connectivity index (χ0v) is 13.3. The van der Waals surface area contributed by atoms with Gasteiger partial charge < -0.3 is 9.73 Å². The van der Waals surface area contributed by atoms with Gasteiger partial charge in [-0.05, 0) is 24.3 Å². The van der Waals surface area contributed by atoms with E-state index in [9.17, 15) is 4.79 Å². The molecule has 0 saturated carbocycles. The topological polar surface area (TPSA) is 85.3 Å². The molecule has 7 nitrogen and oxygen atoms in total. The lowest BCUT2D eigenvalue weighted by molar-refractivity contribution is -0.120. The third-order valence-electron chi connectivity index (χ3n) is 3.74. The number of fused-ring (bicyclic) bond motifs is 1. The van der Waals surface area contributed by atoms with E-state index in [1.54, 1.807) is 0 Å². The molecule has 0 bridgehead atoms. The van der Waals surface area contributed by atoms with Gasteiger partial charge in [0.25, 0.3) is 0 Å². The van der Waals surface area contributed by atoms with Crippen LogP contribution in [0.2, 0.25) is 0 Å². The average molecular weight is 333 g/mol. The normalized spacial score (nSPS) is 10.9. The number of amides is 1.